The molecular formula is C28H26N4O2S. The van der Waals surface area contributed by atoms with E-state index in [1.807, 2.05) is 67.6 Å². The highest BCUT2D eigenvalue weighted by Gasteiger charge is 2.34. The summed E-state index contributed by atoms with van der Waals surface area (Å²) in [4.78, 5) is 6.87. The Hall–Kier alpha value is -3.97. The molecule has 6 nitrogen and oxygen atoms in total. The van der Waals surface area contributed by atoms with Crippen LogP contribution in [0.4, 0.5) is 0 Å². The molecule has 0 radical (unpaired) electrons. The Balaban J connectivity index is 1.57. The lowest BCUT2D eigenvalue weighted by Crippen LogP contribution is -2.45. The van der Waals surface area contributed by atoms with Gasteiger partial charge >= 0.3 is 0 Å². The van der Waals surface area contributed by atoms with Crippen LogP contribution in [0, 0.1) is 6.92 Å². The van der Waals surface area contributed by atoms with Crippen molar-refractivity contribution in [3.63, 3.8) is 0 Å². The molecule has 1 unspecified atom stereocenters. The van der Waals surface area contributed by atoms with Gasteiger partial charge in [0.25, 0.3) is 5.89 Å². The first-order valence-corrected chi connectivity index (χ1v) is 11.8. The third-order valence-corrected chi connectivity index (χ3v) is 6.50. The second-order valence-corrected chi connectivity index (χ2v) is 8.91. The van der Waals surface area contributed by atoms with Gasteiger partial charge in [-0.25, -0.2) is 0 Å². The molecule has 3 aromatic carbocycles. The van der Waals surface area contributed by atoms with Crippen molar-refractivity contribution >= 4 is 22.9 Å². The van der Waals surface area contributed by atoms with Crippen molar-refractivity contribution in [1.29, 1.82) is 0 Å². The van der Waals surface area contributed by atoms with E-state index in [1.54, 1.807) is 7.11 Å². The Morgan fingerprint density at radius 3 is 2.49 bits per heavy atom. The maximum atomic E-state index is 5.84. The van der Waals surface area contributed by atoms with Crippen molar-refractivity contribution in [2.75, 3.05) is 7.11 Å². The Labute approximate surface area is 210 Å². The van der Waals surface area contributed by atoms with Gasteiger partial charge in [0.2, 0.25) is 5.82 Å². The van der Waals surface area contributed by atoms with Gasteiger partial charge in [-0.05, 0) is 55.4 Å². The van der Waals surface area contributed by atoms with Gasteiger partial charge in [0.1, 0.15) is 5.75 Å². The van der Waals surface area contributed by atoms with E-state index in [-0.39, 0.29) is 6.04 Å². The predicted molar refractivity (Wildman–Crippen MR) is 141 cm³/mol. The fourth-order valence-electron chi connectivity index (χ4n) is 4.29. The number of rotatable bonds is 6. The van der Waals surface area contributed by atoms with Gasteiger partial charge in [0.05, 0.1) is 18.7 Å². The average Bonchev–Trinajstić information content (AvgIpc) is 3.37. The van der Waals surface area contributed by atoms with E-state index in [4.69, 9.17) is 26.5 Å². The summed E-state index contributed by atoms with van der Waals surface area (Å²) in [5.41, 5.74) is 6.12. The Morgan fingerprint density at radius 1 is 1.00 bits per heavy atom. The van der Waals surface area contributed by atoms with Crippen LogP contribution in [-0.2, 0) is 6.54 Å². The third-order valence-electron chi connectivity index (χ3n) is 6.16. The zero-order valence-electron chi connectivity index (χ0n) is 19.9. The van der Waals surface area contributed by atoms with Crippen LogP contribution in [0.5, 0.6) is 5.75 Å². The first-order valence-electron chi connectivity index (χ1n) is 11.4. The summed E-state index contributed by atoms with van der Waals surface area (Å²) in [6, 6.07) is 26.0. The molecule has 7 heteroatoms. The zero-order valence-corrected chi connectivity index (χ0v) is 20.7. The third kappa shape index (κ3) is 4.68. The molecule has 5 rings (SSSR count). The number of hydrogen-bond donors (Lipinski definition) is 1. The number of allylic oxidation sites excluding steroid dienone is 1. The predicted octanol–water partition coefficient (Wildman–Crippen LogP) is 5.92. The highest BCUT2D eigenvalue weighted by atomic mass is 32.1. The van der Waals surface area contributed by atoms with Crippen LogP contribution in [0.3, 0.4) is 0 Å². The molecule has 1 N–H and O–H groups in total. The lowest BCUT2D eigenvalue weighted by Gasteiger charge is -2.37. The van der Waals surface area contributed by atoms with Crippen LogP contribution in [0.25, 0.3) is 17.0 Å². The summed E-state index contributed by atoms with van der Waals surface area (Å²) in [5.74, 6) is 1.85. The minimum absolute atomic E-state index is 0.207. The van der Waals surface area contributed by atoms with Crippen molar-refractivity contribution in [3.8, 4) is 17.1 Å². The maximum Gasteiger partial charge on any atom is 0.258 e. The maximum absolute atomic E-state index is 5.84. The molecule has 1 atom stereocenters. The standard InChI is InChI=1S/C28H26N4O2S/c1-18-8-7-11-22(16-18)26-30-27(34-31-26)24-19(2)32(17-20-12-14-23(33-3)15-13-20)28(35)29-25(24)21-9-5-4-6-10-21/h4-16,25H,17H2,1-3H3,(H,29,35). The molecule has 0 fully saturated rings. The Kier molecular flexibility index (Phi) is 6.33. The molecule has 4 aromatic rings. The molecule has 35 heavy (non-hydrogen) atoms. The highest BCUT2D eigenvalue weighted by Crippen LogP contribution is 2.38. The van der Waals surface area contributed by atoms with Crippen molar-refractivity contribution in [3.05, 3.63) is 107 Å². The van der Waals surface area contributed by atoms with Crippen molar-refractivity contribution in [2.24, 2.45) is 0 Å². The van der Waals surface area contributed by atoms with Gasteiger partial charge in [0, 0.05) is 17.8 Å². The molecule has 0 saturated heterocycles. The number of ether oxygens (including phenoxy) is 1. The summed E-state index contributed by atoms with van der Waals surface area (Å²) in [5, 5.41) is 8.46. The van der Waals surface area contributed by atoms with Crippen molar-refractivity contribution < 1.29 is 9.26 Å². The van der Waals surface area contributed by atoms with Gasteiger partial charge in [-0.2, -0.15) is 4.98 Å². The smallest absolute Gasteiger partial charge is 0.258 e. The molecule has 0 bridgehead atoms. The molecule has 0 aliphatic carbocycles. The summed E-state index contributed by atoms with van der Waals surface area (Å²) >= 11 is 5.82. The van der Waals surface area contributed by atoms with Crippen LogP contribution < -0.4 is 10.1 Å². The molecule has 176 valence electrons. The molecule has 1 aliphatic heterocycles. The lowest BCUT2D eigenvalue weighted by molar-refractivity contribution is 0.396. The highest BCUT2D eigenvalue weighted by molar-refractivity contribution is 7.80. The summed E-state index contributed by atoms with van der Waals surface area (Å²) in [7, 11) is 1.66. The fraction of sp³-hybridized carbons (Fsp3) is 0.179. The zero-order chi connectivity index (χ0) is 24.4. The van der Waals surface area contributed by atoms with Gasteiger partial charge in [0.15, 0.2) is 5.11 Å². The van der Waals surface area contributed by atoms with Crippen molar-refractivity contribution in [1.82, 2.24) is 20.4 Å². The molecule has 0 saturated carbocycles. The molecule has 0 spiro atoms. The van der Waals surface area contributed by atoms with Crippen molar-refractivity contribution in [2.45, 2.75) is 26.4 Å². The molecular weight excluding hydrogens is 456 g/mol. The first kappa shape index (κ1) is 22.8. The normalized spacial score (nSPS) is 15.8. The fourth-order valence-corrected chi connectivity index (χ4v) is 4.61. The van der Waals surface area contributed by atoms with Crippen LogP contribution >= 0.6 is 12.2 Å². The van der Waals surface area contributed by atoms with Gasteiger partial charge in [-0.15, -0.1) is 0 Å². The van der Waals surface area contributed by atoms with E-state index in [1.165, 1.54) is 0 Å². The number of aryl methyl sites for hydroxylation is 1. The van der Waals surface area contributed by atoms with E-state index in [9.17, 15) is 0 Å². The lowest BCUT2D eigenvalue weighted by atomic mass is 9.94. The largest absolute Gasteiger partial charge is 0.497 e. The summed E-state index contributed by atoms with van der Waals surface area (Å²) in [6.07, 6.45) is 0. The topological polar surface area (TPSA) is 63.4 Å². The van der Waals surface area contributed by atoms with Crippen LogP contribution in [0.2, 0.25) is 0 Å². The number of aromatic nitrogens is 2. The minimum Gasteiger partial charge on any atom is -0.497 e. The number of methoxy groups -OCH3 is 1. The second kappa shape index (κ2) is 9.72. The number of thiocarbonyl (C=S) groups is 1. The van der Waals surface area contributed by atoms with E-state index in [0.717, 1.165) is 39.3 Å². The Morgan fingerprint density at radius 2 is 1.77 bits per heavy atom. The molecule has 1 aliphatic rings. The van der Waals surface area contributed by atoms with Gasteiger partial charge < -0.3 is 19.5 Å². The van der Waals surface area contributed by atoms with Gasteiger partial charge in [-0.1, -0.05) is 71.4 Å². The van der Waals surface area contributed by atoms with Gasteiger partial charge in [-0.3, -0.25) is 0 Å². The number of hydrogen-bond acceptors (Lipinski definition) is 5. The Bertz CT molecular complexity index is 1380. The number of benzene rings is 3. The second-order valence-electron chi connectivity index (χ2n) is 8.52. The van der Waals surface area contributed by atoms with E-state index >= 15 is 0 Å². The quantitative estimate of drug-likeness (QED) is 0.343. The van der Waals surface area contributed by atoms with E-state index < -0.39 is 0 Å². The van der Waals surface area contributed by atoms with Crippen LogP contribution in [-0.4, -0.2) is 27.3 Å². The number of nitrogens with one attached hydrogen (secondary N) is 1. The van der Waals surface area contributed by atoms with Crippen LogP contribution in [0.15, 0.2) is 89.1 Å². The van der Waals surface area contributed by atoms with Crippen LogP contribution in [0.1, 0.15) is 35.5 Å². The summed E-state index contributed by atoms with van der Waals surface area (Å²) < 4.78 is 11.1. The molecule has 0 amide bonds. The molecule has 1 aromatic heterocycles. The van der Waals surface area contributed by atoms with E-state index in [2.05, 4.69) is 40.5 Å². The first-order chi connectivity index (χ1) is 17.0. The average molecular weight is 483 g/mol. The SMILES string of the molecule is COc1ccc(CN2C(=S)NC(c3ccccc3)C(c3nc(-c4cccc(C)c4)no3)=C2C)cc1. The minimum atomic E-state index is -0.207. The monoisotopic (exact) mass is 482 g/mol. The molecule has 2 heterocycles. The van der Waals surface area contributed by atoms with E-state index in [0.29, 0.717) is 23.4 Å². The number of nitrogens with zero attached hydrogens (tertiary/aromatic N) is 3. The summed E-state index contributed by atoms with van der Waals surface area (Å²) in [6.45, 7) is 4.70.